The Morgan fingerprint density at radius 3 is 2.57 bits per heavy atom. The normalized spacial score (nSPS) is 16.0. The molecule has 1 aromatic carbocycles. The molecule has 0 radical (unpaired) electrons. The van der Waals surface area contributed by atoms with Gasteiger partial charge in [-0.2, -0.15) is 0 Å². The average molecular weight is 309 g/mol. The van der Waals surface area contributed by atoms with Crippen LogP contribution in [0.3, 0.4) is 0 Å². The van der Waals surface area contributed by atoms with Crippen molar-refractivity contribution in [1.82, 2.24) is 14.8 Å². The summed E-state index contributed by atoms with van der Waals surface area (Å²) in [6.07, 6.45) is 4.53. The molecule has 3 nitrogen and oxygen atoms in total. The van der Waals surface area contributed by atoms with E-state index in [1.807, 2.05) is 12.3 Å². The monoisotopic (exact) mass is 309 g/mol. The van der Waals surface area contributed by atoms with Crippen LogP contribution in [0.5, 0.6) is 0 Å². The first-order valence-electron chi connectivity index (χ1n) is 8.52. The summed E-state index contributed by atoms with van der Waals surface area (Å²) in [6.45, 7) is 4.21. The molecule has 0 N–H and O–H groups in total. The first kappa shape index (κ1) is 16.2. The van der Waals surface area contributed by atoms with E-state index in [9.17, 15) is 0 Å². The predicted molar refractivity (Wildman–Crippen MR) is 95.1 cm³/mol. The van der Waals surface area contributed by atoms with Crippen LogP contribution >= 0.6 is 0 Å². The summed E-state index contributed by atoms with van der Waals surface area (Å²) < 4.78 is 0. The molecule has 0 spiro atoms. The van der Waals surface area contributed by atoms with Gasteiger partial charge in [0.25, 0.3) is 0 Å². The van der Waals surface area contributed by atoms with Crippen LogP contribution in [0.15, 0.2) is 48.7 Å². The third kappa shape index (κ3) is 4.40. The van der Waals surface area contributed by atoms with Gasteiger partial charge in [-0.05, 0) is 57.1 Å². The largest absolute Gasteiger partial charge is 0.303 e. The van der Waals surface area contributed by atoms with Crippen LogP contribution in [0.25, 0.3) is 0 Å². The maximum Gasteiger partial charge on any atom is 0.0544 e. The van der Waals surface area contributed by atoms with E-state index in [1.165, 1.54) is 24.0 Å². The molecule has 0 saturated heterocycles. The Hall–Kier alpha value is -1.71. The molecule has 0 aliphatic heterocycles. The van der Waals surface area contributed by atoms with Gasteiger partial charge in [-0.25, -0.2) is 0 Å². The average Bonchev–Trinajstić information content (AvgIpc) is 3.39. The van der Waals surface area contributed by atoms with Crippen LogP contribution in [0.2, 0.25) is 0 Å². The van der Waals surface area contributed by atoms with Gasteiger partial charge in [-0.3, -0.25) is 9.88 Å². The SMILES string of the molecule is C[C@@H](c1cccc(CN(Cc2ccccn2)C2CC2)c1)N(C)C. The minimum Gasteiger partial charge on any atom is -0.303 e. The van der Waals surface area contributed by atoms with Gasteiger partial charge in [-0.15, -0.1) is 0 Å². The topological polar surface area (TPSA) is 19.4 Å². The summed E-state index contributed by atoms with van der Waals surface area (Å²) in [7, 11) is 4.27. The first-order valence-corrected chi connectivity index (χ1v) is 8.52. The van der Waals surface area contributed by atoms with Crippen molar-refractivity contribution in [1.29, 1.82) is 0 Å². The zero-order chi connectivity index (χ0) is 16.2. The highest BCUT2D eigenvalue weighted by Crippen LogP contribution is 2.30. The van der Waals surface area contributed by atoms with Crippen LogP contribution in [0, 0.1) is 0 Å². The van der Waals surface area contributed by atoms with E-state index < -0.39 is 0 Å². The van der Waals surface area contributed by atoms with Crippen LogP contribution in [-0.4, -0.2) is 34.9 Å². The second-order valence-corrected chi connectivity index (χ2v) is 6.84. The number of benzene rings is 1. The fourth-order valence-electron chi connectivity index (χ4n) is 2.94. The predicted octanol–water partition coefficient (Wildman–Crippen LogP) is 3.87. The second kappa shape index (κ2) is 7.24. The molecule has 3 rings (SSSR count). The molecule has 0 bridgehead atoms. The Bertz CT molecular complexity index is 620. The van der Waals surface area contributed by atoms with E-state index in [1.54, 1.807) is 0 Å². The first-order chi connectivity index (χ1) is 11.1. The van der Waals surface area contributed by atoms with E-state index in [-0.39, 0.29) is 0 Å². The molecular formula is C20H27N3. The summed E-state index contributed by atoms with van der Waals surface area (Å²) in [5.74, 6) is 0. The van der Waals surface area contributed by atoms with E-state index in [0.29, 0.717) is 6.04 Å². The third-order valence-electron chi connectivity index (χ3n) is 4.75. The van der Waals surface area contributed by atoms with Crippen molar-refractivity contribution in [2.75, 3.05) is 14.1 Å². The summed E-state index contributed by atoms with van der Waals surface area (Å²) in [6, 6.07) is 16.4. The maximum absolute atomic E-state index is 4.49. The molecule has 3 heteroatoms. The zero-order valence-electron chi connectivity index (χ0n) is 14.4. The highest BCUT2D eigenvalue weighted by Gasteiger charge is 2.29. The number of aromatic nitrogens is 1. The molecule has 0 unspecified atom stereocenters. The molecule has 2 aromatic rings. The number of hydrogen-bond acceptors (Lipinski definition) is 3. The molecule has 1 saturated carbocycles. The smallest absolute Gasteiger partial charge is 0.0544 e. The Kier molecular flexibility index (Phi) is 5.09. The fraction of sp³-hybridized carbons (Fsp3) is 0.450. The van der Waals surface area contributed by atoms with Crippen molar-refractivity contribution < 1.29 is 0 Å². The molecule has 122 valence electrons. The lowest BCUT2D eigenvalue weighted by molar-refractivity contribution is 0.242. The summed E-state index contributed by atoms with van der Waals surface area (Å²) >= 11 is 0. The minimum atomic E-state index is 0.445. The highest BCUT2D eigenvalue weighted by atomic mass is 15.2. The molecule has 1 atom stereocenters. The van der Waals surface area contributed by atoms with Crippen molar-refractivity contribution in [3.63, 3.8) is 0 Å². The standard InChI is InChI=1S/C20H27N3/c1-16(22(2)3)18-8-6-7-17(13-18)14-23(20-10-11-20)15-19-9-4-5-12-21-19/h4-9,12-13,16,20H,10-11,14-15H2,1-3H3/t16-/m0/s1. The van der Waals surface area contributed by atoms with Crippen molar-refractivity contribution >= 4 is 0 Å². The van der Waals surface area contributed by atoms with Crippen LogP contribution in [0.1, 0.15) is 42.6 Å². The lowest BCUT2D eigenvalue weighted by Crippen LogP contribution is -2.25. The van der Waals surface area contributed by atoms with Gasteiger partial charge in [0.1, 0.15) is 0 Å². The summed E-state index contributed by atoms with van der Waals surface area (Å²) in [5, 5.41) is 0. The number of hydrogen-bond donors (Lipinski definition) is 0. The molecular weight excluding hydrogens is 282 g/mol. The fourth-order valence-corrected chi connectivity index (χ4v) is 2.94. The van der Waals surface area contributed by atoms with Crippen molar-refractivity contribution in [3.8, 4) is 0 Å². The molecule has 1 aliphatic carbocycles. The summed E-state index contributed by atoms with van der Waals surface area (Å²) in [4.78, 5) is 9.32. The highest BCUT2D eigenvalue weighted by molar-refractivity contribution is 5.26. The molecule has 0 amide bonds. The molecule has 1 aliphatic rings. The number of rotatable bonds is 7. The van der Waals surface area contributed by atoms with Gasteiger partial charge < -0.3 is 4.90 Å². The molecule has 1 aromatic heterocycles. The van der Waals surface area contributed by atoms with Gasteiger partial charge in [0.2, 0.25) is 0 Å². The third-order valence-corrected chi connectivity index (χ3v) is 4.75. The van der Waals surface area contributed by atoms with Crippen molar-refractivity contribution in [2.24, 2.45) is 0 Å². The van der Waals surface area contributed by atoms with Gasteiger partial charge >= 0.3 is 0 Å². The Balaban J connectivity index is 1.72. The molecule has 23 heavy (non-hydrogen) atoms. The Morgan fingerprint density at radius 2 is 1.91 bits per heavy atom. The van der Waals surface area contributed by atoms with Gasteiger partial charge in [-0.1, -0.05) is 30.3 Å². The molecule has 1 heterocycles. The van der Waals surface area contributed by atoms with Gasteiger partial charge in [0, 0.05) is 31.4 Å². The second-order valence-electron chi connectivity index (χ2n) is 6.84. The van der Waals surface area contributed by atoms with E-state index >= 15 is 0 Å². The van der Waals surface area contributed by atoms with Crippen LogP contribution in [0.4, 0.5) is 0 Å². The van der Waals surface area contributed by atoms with Crippen LogP contribution in [-0.2, 0) is 13.1 Å². The number of nitrogens with zero attached hydrogens (tertiary/aromatic N) is 3. The zero-order valence-corrected chi connectivity index (χ0v) is 14.4. The Morgan fingerprint density at radius 1 is 1.09 bits per heavy atom. The lowest BCUT2D eigenvalue weighted by Gasteiger charge is -2.24. The van der Waals surface area contributed by atoms with Gasteiger partial charge in [0.15, 0.2) is 0 Å². The Labute approximate surface area is 140 Å². The minimum absolute atomic E-state index is 0.445. The van der Waals surface area contributed by atoms with E-state index in [0.717, 1.165) is 24.8 Å². The van der Waals surface area contributed by atoms with E-state index in [4.69, 9.17) is 0 Å². The maximum atomic E-state index is 4.49. The number of pyridine rings is 1. The van der Waals surface area contributed by atoms with Crippen molar-refractivity contribution in [3.05, 3.63) is 65.5 Å². The van der Waals surface area contributed by atoms with Crippen molar-refractivity contribution in [2.45, 2.75) is 44.9 Å². The lowest BCUT2D eigenvalue weighted by atomic mass is 10.0. The quantitative estimate of drug-likeness (QED) is 0.774. The van der Waals surface area contributed by atoms with E-state index in [2.05, 4.69) is 72.2 Å². The molecule has 1 fully saturated rings. The van der Waals surface area contributed by atoms with Crippen LogP contribution < -0.4 is 0 Å². The van der Waals surface area contributed by atoms with Gasteiger partial charge in [0.05, 0.1) is 5.69 Å². The summed E-state index contributed by atoms with van der Waals surface area (Å²) in [5.41, 5.74) is 3.96.